The lowest BCUT2D eigenvalue weighted by molar-refractivity contribution is -0.129. The molecule has 5 nitrogen and oxygen atoms in total. The number of aromatic nitrogens is 1. The predicted octanol–water partition coefficient (Wildman–Crippen LogP) is 3.79. The molecule has 0 unspecified atom stereocenters. The predicted molar refractivity (Wildman–Crippen MR) is 95.2 cm³/mol. The maximum absolute atomic E-state index is 13.0. The van der Waals surface area contributed by atoms with E-state index in [2.05, 4.69) is 4.99 Å². The normalized spacial score (nSPS) is 15.4. The van der Waals surface area contributed by atoms with Gasteiger partial charge in [-0.05, 0) is 42.5 Å². The molecule has 3 aromatic rings. The van der Waals surface area contributed by atoms with Crippen LogP contribution in [0.2, 0.25) is 0 Å². The molecular formula is C20H13FN2O3. The molecule has 0 atom stereocenters. The number of rotatable bonds is 2. The van der Waals surface area contributed by atoms with Gasteiger partial charge in [-0.2, -0.15) is 0 Å². The lowest BCUT2D eigenvalue weighted by atomic mass is 10.2. The van der Waals surface area contributed by atoms with Crippen molar-refractivity contribution < 1.29 is 18.7 Å². The van der Waals surface area contributed by atoms with Gasteiger partial charge in [-0.3, -0.25) is 9.36 Å². The topological polar surface area (TPSA) is 60.7 Å². The van der Waals surface area contributed by atoms with E-state index in [1.54, 1.807) is 0 Å². The Labute approximate surface area is 148 Å². The van der Waals surface area contributed by atoms with Crippen molar-refractivity contribution in [3.05, 3.63) is 77.4 Å². The molecule has 0 saturated carbocycles. The second kappa shape index (κ2) is 6.07. The largest absolute Gasteiger partial charge is 0.402 e. The van der Waals surface area contributed by atoms with E-state index in [1.807, 2.05) is 30.3 Å². The average molecular weight is 348 g/mol. The van der Waals surface area contributed by atoms with Gasteiger partial charge in [0.25, 0.3) is 0 Å². The van der Waals surface area contributed by atoms with Crippen LogP contribution in [0.4, 0.5) is 4.39 Å². The summed E-state index contributed by atoms with van der Waals surface area (Å²) in [4.78, 5) is 28.4. The van der Waals surface area contributed by atoms with E-state index in [0.717, 1.165) is 10.9 Å². The fraction of sp³-hybridized carbons (Fsp3) is 0.0500. The van der Waals surface area contributed by atoms with Crippen LogP contribution in [-0.2, 0) is 9.53 Å². The summed E-state index contributed by atoms with van der Waals surface area (Å²) in [5.74, 6) is -1.08. The molecular weight excluding hydrogens is 335 g/mol. The zero-order chi connectivity index (χ0) is 18.3. The molecule has 1 aliphatic rings. The molecule has 6 heteroatoms. The summed E-state index contributed by atoms with van der Waals surface area (Å²) in [7, 11) is 0. The molecule has 0 amide bonds. The molecule has 0 spiro atoms. The first-order chi connectivity index (χ1) is 12.5. The van der Waals surface area contributed by atoms with E-state index in [-0.39, 0.29) is 23.3 Å². The summed E-state index contributed by atoms with van der Waals surface area (Å²) in [5, 5.41) is 0.878. The van der Waals surface area contributed by atoms with Crippen molar-refractivity contribution >= 4 is 34.8 Å². The standard InChI is InChI=1S/C20H13FN2O3/c1-12(24)23-16(10-14-4-2-3-5-18(14)23)11-17-20(25)26-19(22-17)13-6-8-15(21)9-7-13/h2-11H,1H3/b17-11+. The minimum absolute atomic E-state index is 0.0784. The van der Waals surface area contributed by atoms with Gasteiger partial charge < -0.3 is 4.74 Å². The smallest absolute Gasteiger partial charge is 0.363 e. The molecule has 2 heterocycles. The van der Waals surface area contributed by atoms with Crippen LogP contribution in [0.15, 0.2) is 65.3 Å². The van der Waals surface area contributed by atoms with Crippen LogP contribution in [0.3, 0.4) is 0 Å². The number of para-hydroxylation sites is 1. The Hall–Kier alpha value is -3.54. The monoisotopic (exact) mass is 348 g/mol. The number of ether oxygens (including phenoxy) is 1. The second-order valence-electron chi connectivity index (χ2n) is 5.83. The third-order valence-electron chi connectivity index (χ3n) is 4.05. The van der Waals surface area contributed by atoms with Crippen molar-refractivity contribution in [2.75, 3.05) is 0 Å². The Kier molecular flexibility index (Phi) is 3.73. The molecule has 2 aromatic carbocycles. The van der Waals surface area contributed by atoms with Crippen LogP contribution < -0.4 is 0 Å². The fourth-order valence-electron chi connectivity index (χ4n) is 2.90. The maximum atomic E-state index is 13.0. The zero-order valence-electron chi connectivity index (χ0n) is 13.8. The first kappa shape index (κ1) is 16.0. The Balaban J connectivity index is 1.80. The van der Waals surface area contributed by atoms with Gasteiger partial charge in [0.05, 0.1) is 11.2 Å². The number of nitrogens with zero attached hydrogens (tertiary/aromatic N) is 2. The Bertz CT molecular complexity index is 1110. The molecule has 26 heavy (non-hydrogen) atoms. The molecule has 0 fully saturated rings. The summed E-state index contributed by atoms with van der Waals surface area (Å²) in [6.07, 6.45) is 1.51. The maximum Gasteiger partial charge on any atom is 0.363 e. The van der Waals surface area contributed by atoms with Crippen LogP contribution in [0.5, 0.6) is 0 Å². The highest BCUT2D eigenvalue weighted by Gasteiger charge is 2.25. The van der Waals surface area contributed by atoms with Gasteiger partial charge in [0, 0.05) is 17.9 Å². The molecule has 4 rings (SSSR count). The number of fused-ring (bicyclic) bond motifs is 1. The molecule has 1 aromatic heterocycles. The third kappa shape index (κ3) is 2.71. The van der Waals surface area contributed by atoms with Crippen LogP contribution >= 0.6 is 0 Å². The number of carbonyl (C=O) groups is 2. The zero-order valence-corrected chi connectivity index (χ0v) is 13.8. The molecule has 0 N–H and O–H groups in total. The lowest BCUT2D eigenvalue weighted by Gasteiger charge is -2.02. The SMILES string of the molecule is CC(=O)n1c(/C=C2/N=C(c3ccc(F)cc3)OC2=O)cc2ccccc21. The highest BCUT2D eigenvalue weighted by molar-refractivity contribution is 6.13. The molecule has 0 saturated heterocycles. The van der Waals surface area contributed by atoms with Gasteiger partial charge in [0.1, 0.15) is 5.82 Å². The van der Waals surface area contributed by atoms with E-state index >= 15 is 0 Å². The summed E-state index contributed by atoms with van der Waals surface area (Å²) >= 11 is 0. The number of aliphatic imine (C=N–C) groups is 1. The first-order valence-corrected chi connectivity index (χ1v) is 7.93. The van der Waals surface area contributed by atoms with Crippen LogP contribution in [0.25, 0.3) is 17.0 Å². The van der Waals surface area contributed by atoms with Crippen molar-refractivity contribution in [2.45, 2.75) is 6.92 Å². The quantitative estimate of drug-likeness (QED) is 0.523. The second-order valence-corrected chi connectivity index (χ2v) is 5.83. The van der Waals surface area contributed by atoms with Gasteiger partial charge in [0.2, 0.25) is 11.8 Å². The van der Waals surface area contributed by atoms with E-state index in [9.17, 15) is 14.0 Å². The summed E-state index contributed by atoms with van der Waals surface area (Å²) in [6.45, 7) is 1.45. The van der Waals surface area contributed by atoms with Gasteiger partial charge in [-0.25, -0.2) is 14.2 Å². The minimum atomic E-state index is -0.621. The van der Waals surface area contributed by atoms with Crippen molar-refractivity contribution in [2.24, 2.45) is 4.99 Å². The number of hydrogen-bond acceptors (Lipinski definition) is 4. The number of cyclic esters (lactones) is 1. The first-order valence-electron chi connectivity index (χ1n) is 7.93. The Morgan fingerprint density at radius 3 is 2.62 bits per heavy atom. The van der Waals surface area contributed by atoms with Gasteiger partial charge >= 0.3 is 5.97 Å². The van der Waals surface area contributed by atoms with Gasteiger partial charge in [0.15, 0.2) is 5.70 Å². The van der Waals surface area contributed by atoms with E-state index in [0.29, 0.717) is 11.3 Å². The minimum Gasteiger partial charge on any atom is -0.402 e. The molecule has 1 aliphatic heterocycles. The number of hydrogen-bond donors (Lipinski definition) is 0. The Morgan fingerprint density at radius 1 is 1.15 bits per heavy atom. The number of esters is 1. The fourth-order valence-corrected chi connectivity index (χ4v) is 2.90. The van der Waals surface area contributed by atoms with Crippen molar-refractivity contribution in [3.63, 3.8) is 0 Å². The van der Waals surface area contributed by atoms with E-state index in [4.69, 9.17) is 4.74 Å². The molecule has 0 aliphatic carbocycles. The van der Waals surface area contributed by atoms with E-state index < -0.39 is 5.97 Å². The van der Waals surface area contributed by atoms with Crippen LogP contribution in [-0.4, -0.2) is 22.3 Å². The molecule has 0 bridgehead atoms. The molecule has 0 radical (unpaired) electrons. The van der Waals surface area contributed by atoms with Gasteiger partial charge in [-0.15, -0.1) is 0 Å². The molecule has 128 valence electrons. The van der Waals surface area contributed by atoms with Crippen LogP contribution in [0, 0.1) is 5.82 Å². The Morgan fingerprint density at radius 2 is 1.88 bits per heavy atom. The highest BCUT2D eigenvalue weighted by atomic mass is 19.1. The lowest BCUT2D eigenvalue weighted by Crippen LogP contribution is -2.08. The number of benzene rings is 2. The summed E-state index contributed by atoms with van der Waals surface area (Å²) in [6, 6.07) is 14.7. The summed E-state index contributed by atoms with van der Waals surface area (Å²) < 4.78 is 19.7. The summed E-state index contributed by atoms with van der Waals surface area (Å²) in [5.41, 5.74) is 1.86. The van der Waals surface area contributed by atoms with Crippen molar-refractivity contribution in [1.82, 2.24) is 4.57 Å². The average Bonchev–Trinajstić information content (AvgIpc) is 3.16. The number of carbonyl (C=O) groups excluding carboxylic acids is 2. The van der Waals surface area contributed by atoms with E-state index in [1.165, 1.54) is 41.8 Å². The van der Waals surface area contributed by atoms with Gasteiger partial charge in [-0.1, -0.05) is 18.2 Å². The van der Waals surface area contributed by atoms with Crippen LogP contribution in [0.1, 0.15) is 23.0 Å². The third-order valence-corrected chi connectivity index (χ3v) is 4.05. The highest BCUT2D eigenvalue weighted by Crippen LogP contribution is 2.24. The number of halogens is 1. The van der Waals surface area contributed by atoms with Crippen molar-refractivity contribution in [3.8, 4) is 0 Å². The van der Waals surface area contributed by atoms with Crippen molar-refractivity contribution in [1.29, 1.82) is 0 Å².